The summed E-state index contributed by atoms with van der Waals surface area (Å²) in [5.74, 6) is 6.96. The van der Waals surface area contributed by atoms with Crippen LogP contribution in [0.2, 0.25) is 10.6 Å². The molecule has 125 heavy (non-hydrogen) atoms. The number of ether oxygens (including phenoxy) is 2. The monoisotopic (exact) mass is 1900 g/mol. The van der Waals surface area contributed by atoms with E-state index in [9.17, 15) is 26.4 Å². The Morgan fingerprint density at radius 1 is 0.448 bits per heavy atom. The number of fused-ring (bicyclic) bond motifs is 3. The summed E-state index contributed by atoms with van der Waals surface area (Å²) >= 11 is 14.0. The number of amides is 2. The number of nitrogens with one attached hydrogen (secondary N) is 3. The summed E-state index contributed by atoms with van der Waals surface area (Å²) in [5.41, 5.74) is 13.4. The Bertz CT molecular complexity index is 6380. The summed E-state index contributed by atoms with van der Waals surface area (Å²) in [4.78, 5) is 74.7. The Hall–Kier alpha value is -12.1. The van der Waals surface area contributed by atoms with E-state index < -0.39 is 43.1 Å². The number of anilines is 15. The molecule has 14 rings (SSSR count). The Labute approximate surface area is 750 Å². The Morgan fingerprint density at radius 2 is 0.856 bits per heavy atom. The molecule has 0 saturated carbocycles. The molecule has 0 bridgehead atoms. The fourth-order valence-electron chi connectivity index (χ4n) is 11.9. The van der Waals surface area contributed by atoms with Crippen molar-refractivity contribution in [3.8, 4) is 0 Å². The number of rotatable bonds is 18. The van der Waals surface area contributed by atoms with E-state index in [0.29, 0.717) is 81.1 Å². The number of alkyl halides is 1. The van der Waals surface area contributed by atoms with Gasteiger partial charge >= 0.3 is 12.2 Å². The van der Waals surface area contributed by atoms with Crippen LogP contribution < -0.4 is 41.3 Å². The van der Waals surface area contributed by atoms with Crippen LogP contribution in [0.25, 0.3) is 33.1 Å². The molecule has 2 amide bonds. The van der Waals surface area contributed by atoms with Gasteiger partial charge in [-0.3, -0.25) is 0 Å². The first-order chi connectivity index (χ1) is 58.4. The minimum absolute atomic E-state index is 0.000574. The summed E-state index contributed by atoms with van der Waals surface area (Å²) < 4.78 is 78.4. The number of carbonyl (C=O) groups is 2. The third-order valence-electron chi connectivity index (χ3n) is 18.2. The number of carbonyl (C=O) groups excluding carboxylic acids is 2. The third kappa shape index (κ3) is 25.6. The van der Waals surface area contributed by atoms with Crippen LogP contribution in [0, 0.1) is 0 Å². The topological polar surface area (TPSA) is 405 Å². The van der Waals surface area contributed by atoms with Crippen LogP contribution >= 0.6 is 45.8 Å². The van der Waals surface area contributed by atoms with Gasteiger partial charge in [-0.1, -0.05) is 125 Å². The number of hydrogen-bond donors (Lipinski definition) is 4. The Kier molecular flexibility index (Phi) is 29.4. The summed E-state index contributed by atoms with van der Waals surface area (Å²) in [6.07, 6.45) is 6.06. The number of nitrogen functional groups attached to an aromatic ring is 1. The first kappa shape index (κ1) is 95.2. The zero-order valence-corrected chi connectivity index (χ0v) is 79.2. The highest BCUT2D eigenvalue weighted by Crippen LogP contribution is 2.39. The van der Waals surface area contributed by atoms with E-state index in [2.05, 4.69) is 105 Å². The van der Waals surface area contributed by atoms with E-state index in [0.717, 1.165) is 61.7 Å². The van der Waals surface area contributed by atoms with Crippen molar-refractivity contribution in [2.75, 3.05) is 72.8 Å². The molecule has 0 aliphatic rings. The second-order valence-corrected chi connectivity index (χ2v) is 39.2. The molecule has 0 fully saturated rings. The van der Waals surface area contributed by atoms with Crippen molar-refractivity contribution in [2.45, 2.75) is 143 Å². The minimum atomic E-state index is -3.09. The highest BCUT2D eigenvalue weighted by molar-refractivity contribution is 14.1. The number of aryl methyl sites for hydroxylation is 3. The van der Waals surface area contributed by atoms with E-state index in [1.807, 2.05) is 200 Å². The number of halogens is 3. The molecule has 0 aliphatic carbocycles. The average molecular weight is 1900 g/mol. The average Bonchev–Trinajstić information content (AvgIpc) is 1.62. The van der Waals surface area contributed by atoms with Gasteiger partial charge in [0.2, 0.25) is 34.4 Å². The van der Waals surface area contributed by atoms with Crippen molar-refractivity contribution in [1.82, 2.24) is 74.0 Å². The first-order valence-corrected chi connectivity index (χ1v) is 46.0. The van der Waals surface area contributed by atoms with Gasteiger partial charge in [-0.2, -0.15) is 14.8 Å². The minimum Gasteiger partial charge on any atom is -0.443 e. The second-order valence-electron chi connectivity index (χ2n) is 34.2. The lowest BCUT2D eigenvalue weighted by molar-refractivity contribution is 0.0583. The van der Waals surface area contributed by atoms with Crippen LogP contribution in [0.15, 0.2) is 172 Å². The van der Waals surface area contributed by atoms with E-state index in [-0.39, 0.29) is 44.1 Å². The largest absolute Gasteiger partial charge is 0.443 e. The molecular formula is C86H104Cl2IN23O11S2. The van der Waals surface area contributed by atoms with Crippen LogP contribution in [-0.4, -0.2) is 146 Å². The molecule has 0 radical (unpaired) electrons. The zero-order chi connectivity index (χ0) is 91.8. The van der Waals surface area contributed by atoms with Crippen molar-refractivity contribution < 1.29 is 49.5 Å². The molecule has 0 aliphatic heterocycles. The molecule has 9 heterocycles. The van der Waals surface area contributed by atoms with Crippen molar-refractivity contribution in [3.63, 3.8) is 0 Å². The molecule has 0 atom stereocenters. The highest BCUT2D eigenvalue weighted by atomic mass is 127. The fourth-order valence-corrected chi connectivity index (χ4v) is 13.8. The Balaban J connectivity index is 0.000000182. The molecule has 0 spiro atoms. The normalized spacial score (nSPS) is 11.9. The lowest BCUT2D eigenvalue weighted by Crippen LogP contribution is -2.35. The summed E-state index contributed by atoms with van der Waals surface area (Å²) in [6.45, 7) is 29.1. The second kappa shape index (κ2) is 38.6. The van der Waals surface area contributed by atoms with Gasteiger partial charge in [-0.05, 0) is 178 Å². The van der Waals surface area contributed by atoms with Crippen molar-refractivity contribution >= 4 is 198 Å². The molecule has 5 aromatic carbocycles. The summed E-state index contributed by atoms with van der Waals surface area (Å²) in [5, 5.41) is 22.4. The van der Waals surface area contributed by atoms with E-state index in [1.54, 1.807) is 105 Å². The van der Waals surface area contributed by atoms with Gasteiger partial charge in [-0.25, -0.2) is 66.3 Å². The predicted molar refractivity (Wildman–Crippen MR) is 501 cm³/mol. The summed E-state index contributed by atoms with van der Waals surface area (Å²) in [7, 11) is 3.39. The lowest BCUT2D eigenvalue weighted by atomic mass is 9.93. The van der Waals surface area contributed by atoms with Gasteiger partial charge in [0.05, 0.1) is 44.6 Å². The molecule has 39 heteroatoms. The van der Waals surface area contributed by atoms with Crippen LogP contribution in [0.5, 0.6) is 0 Å². The molecule has 5 N–H and O–H groups in total. The van der Waals surface area contributed by atoms with E-state index >= 15 is 0 Å². The molecular weight excluding hydrogens is 1790 g/mol. The maximum atomic E-state index is 13.4. The van der Waals surface area contributed by atoms with Crippen molar-refractivity contribution in [2.24, 2.45) is 21.1 Å². The third-order valence-corrected chi connectivity index (χ3v) is 20.3. The number of imidazole rings is 3. The predicted octanol–water partition coefficient (Wildman–Crippen LogP) is 19.6. The first-order valence-electron chi connectivity index (χ1n) is 39.0. The smallest absolute Gasteiger partial charge is 0.423 e. The number of hydrogen-bond acceptors (Lipinski definition) is 29. The number of aromatic nitrogens is 15. The van der Waals surface area contributed by atoms with Gasteiger partial charge in [0.25, 0.3) is 0 Å². The molecule has 0 unspecified atom stereocenters. The quantitative estimate of drug-likeness (QED) is 0.0268. The van der Waals surface area contributed by atoms with Crippen molar-refractivity contribution in [3.05, 3.63) is 197 Å². The maximum absolute atomic E-state index is 13.4. The number of benzene rings is 5. The number of nitrogens with two attached hydrogens (primary N) is 1. The van der Waals surface area contributed by atoms with Crippen LogP contribution in [0.3, 0.4) is 0 Å². The lowest BCUT2D eigenvalue weighted by Gasteiger charge is -2.25. The van der Waals surface area contributed by atoms with Crippen LogP contribution in [-0.2, 0) is 78.0 Å². The Morgan fingerprint density at radius 3 is 1.30 bits per heavy atom. The van der Waals surface area contributed by atoms with E-state index in [4.69, 9.17) is 66.9 Å². The van der Waals surface area contributed by atoms with Crippen LogP contribution in [0.1, 0.15) is 132 Å². The van der Waals surface area contributed by atoms with Crippen molar-refractivity contribution in [1.29, 1.82) is 0 Å². The SMILES string of the molecule is CI.CN(c1ccc2c(c1)nc(N(C(=O)OC(C)(C)C)c1cc(C(C)(C)C)on1)n2C)c1ccnc(Cl)n1.CN(c1ccc2c(c1)nc(Nc1cc(C(C)(C)C)on1)n2C)c1ccnc(Nc2ccc(CS(C)(=O)=O)cc2)n1.CS(=O)(=O)Cc1ccc(N)cc1.Cn1c(N(C(=O)OC(C)(C)C)c2cc(C(C)(C)C)on2)nc2cc(Nc3ccnc(Cl)n3)ccc21. The van der Waals surface area contributed by atoms with Gasteiger partial charge in [0.15, 0.2) is 37.1 Å². The molecule has 9 aromatic heterocycles. The van der Waals surface area contributed by atoms with Gasteiger partial charge in [0.1, 0.15) is 45.9 Å². The summed E-state index contributed by atoms with van der Waals surface area (Å²) in [6, 6.07) is 42.1. The van der Waals surface area contributed by atoms with Crippen LogP contribution in [0.4, 0.5) is 96.7 Å². The van der Waals surface area contributed by atoms with Gasteiger partial charge in [-0.15, -0.1) is 0 Å². The number of nitrogens with zero attached hydrogens (tertiary/aromatic N) is 19. The molecule has 0 saturated heterocycles. The molecule has 34 nitrogen and oxygen atoms in total. The molecule has 662 valence electrons. The highest BCUT2D eigenvalue weighted by Gasteiger charge is 2.36. The fraction of sp³-hybridized carbons (Fsp3) is 0.349. The van der Waals surface area contributed by atoms with Gasteiger partial charge in [0, 0.05) is 129 Å². The number of sulfone groups is 2. The van der Waals surface area contributed by atoms with Gasteiger partial charge < -0.3 is 68.2 Å². The maximum Gasteiger partial charge on any atom is 0.423 e. The van der Waals surface area contributed by atoms with E-state index in [1.165, 1.54) is 22.3 Å². The standard InChI is InChI=1S/C28H32N8O3S.C25H30ClN7O3.C24H28ClN7O3.C8H11NO2S.CH3I/c1-28(2,3)23-16-24(34-39-23)32-27-31-21-15-20(11-12-22(21)36(27)5)35(4)25-13-14-29-26(33-25)30-19-9-7-18(8-10-19)17-40(6,37)38;1-24(2,3)18-14-20(30-36-18)33(23(34)35-25(4,5)6)22-28-16-13-15(9-10-17(16)32(22)8)31(7)19-11-12-27-21(26)29-19;1-23(2,3)17-13-19(30-35-17)32(22(33)34-24(4,5)6)21-28-15-12-14(8-9-16(15)31(21)7)27-18-10-11-26-20(25)29-18;1-12(10,11)6-7-2-4-8(9)5-3-7;1-2/h7-16H,17H2,1-6H3,(H,29,30,33)(H,31,32,34);9-14H,1-8H3;8-13H,1-7H3,(H,26,27,29);2-5H,6,9H2,1H3;1H3. The molecule has 14 aromatic rings. The zero-order valence-electron chi connectivity index (χ0n) is 73.9.